The van der Waals surface area contributed by atoms with Gasteiger partial charge in [0.05, 0.1) is 35.3 Å². The summed E-state index contributed by atoms with van der Waals surface area (Å²) < 4.78 is 50.6. The highest BCUT2D eigenvalue weighted by atomic mass is 79.9. The van der Waals surface area contributed by atoms with Crippen molar-refractivity contribution in [1.29, 1.82) is 0 Å². The smallest absolute Gasteiger partial charge is 0.465 e. The molecular weight excluding hydrogens is 481 g/mol. The molecule has 0 amide bonds. The summed E-state index contributed by atoms with van der Waals surface area (Å²) in [7, 11) is 2.08. The van der Waals surface area contributed by atoms with E-state index in [4.69, 9.17) is 0 Å². The second-order valence-corrected chi connectivity index (χ2v) is 6.25. The van der Waals surface area contributed by atoms with Crippen LogP contribution in [-0.2, 0) is 19.1 Å². The molecule has 1 aliphatic heterocycles. The van der Waals surface area contributed by atoms with Gasteiger partial charge in [0, 0.05) is 6.20 Å². The van der Waals surface area contributed by atoms with Crippen molar-refractivity contribution in [1.82, 2.24) is 0 Å². The van der Waals surface area contributed by atoms with Gasteiger partial charge in [0.2, 0.25) is 0 Å². The lowest BCUT2D eigenvalue weighted by molar-refractivity contribution is -0.384. The Morgan fingerprint density at radius 1 is 1.13 bits per heavy atom. The van der Waals surface area contributed by atoms with E-state index in [9.17, 15) is 32.9 Å². The lowest BCUT2D eigenvalue weighted by atomic mass is 10.1. The Bertz CT molecular complexity index is 986. The van der Waals surface area contributed by atoms with Gasteiger partial charge in [0.1, 0.15) is 11.4 Å². The largest absolute Gasteiger partial charge is 0.573 e. The standard InChI is InChI=1S/C17H12BrF3N2O7/c1-28-15(24)9-5-3-4-6-22(14(9)16(25)29-2)11-7-10(18)13(30-17(19,20)21)8-12(11)23(26)27/h3-8H,1-2H3. The number of esters is 2. The Kier molecular flexibility index (Phi) is 6.87. The zero-order valence-electron chi connectivity index (χ0n) is 15.2. The Hall–Kier alpha value is -3.35. The number of ether oxygens (including phenoxy) is 3. The van der Waals surface area contributed by atoms with E-state index in [1.165, 1.54) is 24.4 Å². The summed E-state index contributed by atoms with van der Waals surface area (Å²) in [6.45, 7) is 0. The zero-order valence-corrected chi connectivity index (χ0v) is 16.8. The van der Waals surface area contributed by atoms with Crippen LogP contribution in [0.4, 0.5) is 24.5 Å². The molecule has 0 aromatic heterocycles. The number of allylic oxidation sites excluding steroid dienone is 2. The third-order valence-corrected chi connectivity index (χ3v) is 4.22. The van der Waals surface area contributed by atoms with Crippen LogP contribution < -0.4 is 9.64 Å². The van der Waals surface area contributed by atoms with Crippen molar-refractivity contribution in [2.45, 2.75) is 6.36 Å². The Labute approximate surface area is 175 Å². The fraction of sp³-hybridized carbons (Fsp3) is 0.176. The van der Waals surface area contributed by atoms with Crippen molar-refractivity contribution in [2.75, 3.05) is 19.1 Å². The molecule has 0 fully saturated rings. The first kappa shape index (κ1) is 22.9. The molecule has 160 valence electrons. The summed E-state index contributed by atoms with van der Waals surface area (Å²) in [6, 6.07) is 1.47. The van der Waals surface area contributed by atoms with Crippen LogP contribution >= 0.6 is 15.9 Å². The van der Waals surface area contributed by atoms with Crippen molar-refractivity contribution in [3.8, 4) is 5.75 Å². The van der Waals surface area contributed by atoms with Gasteiger partial charge in [-0.1, -0.05) is 6.08 Å². The number of rotatable bonds is 5. The van der Waals surface area contributed by atoms with Gasteiger partial charge in [0.25, 0.3) is 5.69 Å². The van der Waals surface area contributed by atoms with Crippen LogP contribution in [0.25, 0.3) is 0 Å². The van der Waals surface area contributed by atoms with E-state index in [-0.39, 0.29) is 15.7 Å². The first-order valence-corrected chi connectivity index (χ1v) is 8.58. The highest BCUT2D eigenvalue weighted by molar-refractivity contribution is 9.10. The molecule has 0 N–H and O–H groups in total. The summed E-state index contributed by atoms with van der Waals surface area (Å²) in [6.07, 6.45) is 0.0155. The normalized spacial score (nSPS) is 13.7. The molecule has 0 spiro atoms. The van der Waals surface area contributed by atoms with Crippen molar-refractivity contribution in [3.63, 3.8) is 0 Å². The maximum atomic E-state index is 12.6. The number of anilines is 1. The second kappa shape index (κ2) is 8.98. The van der Waals surface area contributed by atoms with Crippen molar-refractivity contribution in [2.24, 2.45) is 0 Å². The number of nitrogens with zero attached hydrogens (tertiary/aromatic N) is 2. The molecule has 0 saturated carbocycles. The Morgan fingerprint density at radius 2 is 1.77 bits per heavy atom. The number of nitro benzene ring substituents is 1. The molecular formula is C17H12BrF3N2O7. The number of hydrogen-bond acceptors (Lipinski definition) is 8. The van der Waals surface area contributed by atoms with Crippen LogP contribution in [0.15, 0.2) is 52.3 Å². The fourth-order valence-electron chi connectivity index (χ4n) is 2.43. The fourth-order valence-corrected chi connectivity index (χ4v) is 2.84. The number of benzene rings is 1. The molecule has 2 rings (SSSR count). The number of hydrogen-bond donors (Lipinski definition) is 0. The minimum absolute atomic E-state index is 0.296. The molecule has 0 unspecified atom stereocenters. The van der Waals surface area contributed by atoms with Gasteiger partial charge in [-0.25, -0.2) is 9.59 Å². The molecule has 1 aromatic carbocycles. The lowest BCUT2D eigenvalue weighted by Crippen LogP contribution is -2.27. The molecule has 0 aliphatic carbocycles. The van der Waals surface area contributed by atoms with Gasteiger partial charge in [-0.2, -0.15) is 0 Å². The quantitative estimate of drug-likeness (QED) is 0.347. The maximum absolute atomic E-state index is 12.6. The topological polar surface area (TPSA) is 108 Å². The minimum Gasteiger partial charge on any atom is -0.465 e. The Morgan fingerprint density at radius 3 is 2.30 bits per heavy atom. The van der Waals surface area contributed by atoms with Crippen molar-refractivity contribution < 1.29 is 41.9 Å². The highest BCUT2D eigenvalue weighted by Crippen LogP contribution is 2.42. The van der Waals surface area contributed by atoms with Crippen LogP contribution in [0.3, 0.4) is 0 Å². The van der Waals surface area contributed by atoms with Crippen LogP contribution in [0, 0.1) is 10.1 Å². The minimum atomic E-state index is -5.10. The summed E-state index contributed by atoms with van der Waals surface area (Å²) in [5.41, 5.74) is -1.93. The van der Waals surface area contributed by atoms with E-state index in [2.05, 4.69) is 30.1 Å². The molecule has 0 radical (unpaired) electrons. The molecule has 1 heterocycles. The van der Waals surface area contributed by atoms with Gasteiger partial charge < -0.3 is 19.1 Å². The molecule has 30 heavy (non-hydrogen) atoms. The van der Waals surface area contributed by atoms with Gasteiger partial charge in [-0.05, 0) is 34.1 Å². The van der Waals surface area contributed by atoms with Gasteiger partial charge >= 0.3 is 18.3 Å². The lowest BCUT2D eigenvalue weighted by Gasteiger charge is -2.23. The molecule has 0 bridgehead atoms. The summed E-state index contributed by atoms with van der Waals surface area (Å²) >= 11 is 2.86. The van der Waals surface area contributed by atoms with E-state index in [1.54, 1.807) is 0 Å². The van der Waals surface area contributed by atoms with E-state index >= 15 is 0 Å². The first-order chi connectivity index (χ1) is 14.0. The summed E-state index contributed by atoms with van der Waals surface area (Å²) in [4.78, 5) is 36.1. The van der Waals surface area contributed by atoms with E-state index in [1.807, 2.05) is 0 Å². The van der Waals surface area contributed by atoms with E-state index in [0.717, 1.165) is 25.2 Å². The first-order valence-electron chi connectivity index (χ1n) is 7.78. The monoisotopic (exact) mass is 492 g/mol. The SMILES string of the molecule is COC(=O)C1=C(C(=O)OC)N(c2cc(Br)c(OC(F)(F)F)cc2[N+](=O)[O-])C=CC=C1. The second-order valence-electron chi connectivity index (χ2n) is 5.39. The zero-order chi connectivity index (χ0) is 22.6. The third-order valence-electron chi connectivity index (χ3n) is 3.60. The van der Waals surface area contributed by atoms with Gasteiger partial charge in [-0.3, -0.25) is 10.1 Å². The predicted molar refractivity (Wildman–Crippen MR) is 99.3 cm³/mol. The highest BCUT2D eigenvalue weighted by Gasteiger charge is 2.35. The van der Waals surface area contributed by atoms with E-state index < -0.39 is 40.4 Å². The summed E-state index contributed by atoms with van der Waals surface area (Å²) in [5.74, 6) is -2.86. The van der Waals surface area contributed by atoms with Crippen molar-refractivity contribution in [3.05, 3.63) is 62.4 Å². The van der Waals surface area contributed by atoms with Crippen LogP contribution in [0.2, 0.25) is 0 Å². The van der Waals surface area contributed by atoms with Crippen LogP contribution in [0.1, 0.15) is 0 Å². The number of alkyl halides is 3. The number of nitro groups is 1. The number of carbonyl (C=O) groups excluding carboxylic acids is 2. The average Bonchev–Trinajstić information content (AvgIpc) is 2.89. The number of methoxy groups -OCH3 is 2. The summed E-state index contributed by atoms with van der Waals surface area (Å²) in [5, 5.41) is 11.6. The third kappa shape index (κ3) is 4.97. The van der Waals surface area contributed by atoms with Gasteiger partial charge in [0.15, 0.2) is 5.75 Å². The molecule has 0 atom stereocenters. The number of carbonyl (C=O) groups is 2. The molecule has 1 aliphatic rings. The molecule has 13 heteroatoms. The van der Waals surface area contributed by atoms with Crippen LogP contribution in [-0.4, -0.2) is 37.4 Å². The van der Waals surface area contributed by atoms with Gasteiger partial charge in [-0.15, -0.1) is 13.2 Å². The molecule has 9 nitrogen and oxygen atoms in total. The maximum Gasteiger partial charge on any atom is 0.573 e. The van der Waals surface area contributed by atoms with Crippen LogP contribution in [0.5, 0.6) is 5.75 Å². The predicted octanol–water partition coefficient (Wildman–Crippen LogP) is 3.75. The number of halogens is 4. The van der Waals surface area contributed by atoms with Crippen molar-refractivity contribution >= 4 is 39.2 Å². The van der Waals surface area contributed by atoms with E-state index in [0.29, 0.717) is 6.07 Å². The Balaban J connectivity index is 2.78. The average molecular weight is 493 g/mol. The molecule has 0 saturated heterocycles. The molecule has 1 aromatic rings.